The van der Waals surface area contributed by atoms with E-state index in [2.05, 4.69) is 5.32 Å². The first kappa shape index (κ1) is 13.5. The minimum atomic E-state index is -0.110. The lowest BCUT2D eigenvalue weighted by molar-refractivity contribution is -0.119. The molecule has 3 N–H and O–H groups in total. The van der Waals surface area contributed by atoms with Crippen molar-refractivity contribution >= 4 is 23.2 Å². The van der Waals surface area contributed by atoms with Crippen molar-refractivity contribution in [3.05, 3.63) is 24.3 Å². The molecule has 2 amide bonds. The van der Waals surface area contributed by atoms with Gasteiger partial charge in [-0.2, -0.15) is 0 Å². The van der Waals surface area contributed by atoms with Crippen LogP contribution in [0.2, 0.25) is 0 Å². The molecule has 1 fully saturated rings. The molecule has 0 saturated carbocycles. The first-order valence-corrected chi connectivity index (χ1v) is 6.44. The fraction of sp³-hybridized carbons (Fsp3) is 0.429. The van der Waals surface area contributed by atoms with Gasteiger partial charge in [0.1, 0.15) is 0 Å². The number of anilines is 2. The topological polar surface area (TPSA) is 75.4 Å². The molecule has 19 heavy (non-hydrogen) atoms. The van der Waals surface area contributed by atoms with Gasteiger partial charge in [0.2, 0.25) is 11.8 Å². The standard InChI is InChI=1S/C14H19N3O2/c1-9(2)14(19)16-11-4-3-5-12(7-11)17-8-10(15)6-13(17)18/h3-5,7,9-10H,6,8,15H2,1-2H3,(H,16,19). The summed E-state index contributed by atoms with van der Waals surface area (Å²) in [7, 11) is 0. The molecule has 102 valence electrons. The lowest BCUT2D eigenvalue weighted by atomic mass is 10.2. The van der Waals surface area contributed by atoms with Crippen LogP contribution in [0, 0.1) is 5.92 Å². The molecule has 0 radical (unpaired) electrons. The van der Waals surface area contributed by atoms with E-state index in [1.807, 2.05) is 32.0 Å². The molecule has 0 aromatic heterocycles. The van der Waals surface area contributed by atoms with E-state index in [1.54, 1.807) is 11.0 Å². The van der Waals surface area contributed by atoms with E-state index in [-0.39, 0.29) is 23.8 Å². The Balaban J connectivity index is 2.15. The predicted molar refractivity (Wildman–Crippen MR) is 74.9 cm³/mol. The summed E-state index contributed by atoms with van der Waals surface area (Å²) in [5.41, 5.74) is 7.26. The predicted octanol–water partition coefficient (Wildman–Crippen LogP) is 1.35. The van der Waals surface area contributed by atoms with Crippen LogP contribution in [0.3, 0.4) is 0 Å². The van der Waals surface area contributed by atoms with Gasteiger partial charge in [-0.05, 0) is 18.2 Å². The minimum absolute atomic E-state index is 0.0276. The number of hydrogen-bond donors (Lipinski definition) is 2. The highest BCUT2D eigenvalue weighted by atomic mass is 16.2. The Hall–Kier alpha value is -1.88. The van der Waals surface area contributed by atoms with Crippen molar-refractivity contribution in [3.63, 3.8) is 0 Å². The van der Waals surface area contributed by atoms with Crippen molar-refractivity contribution < 1.29 is 9.59 Å². The van der Waals surface area contributed by atoms with Gasteiger partial charge in [0.25, 0.3) is 0 Å². The Kier molecular flexibility index (Phi) is 3.85. The fourth-order valence-electron chi connectivity index (χ4n) is 2.02. The molecule has 1 unspecified atom stereocenters. The molecule has 1 saturated heterocycles. The van der Waals surface area contributed by atoms with Crippen LogP contribution in [-0.2, 0) is 9.59 Å². The number of nitrogens with one attached hydrogen (secondary N) is 1. The maximum Gasteiger partial charge on any atom is 0.228 e. The van der Waals surface area contributed by atoms with Crippen molar-refractivity contribution in [2.24, 2.45) is 11.7 Å². The summed E-state index contributed by atoms with van der Waals surface area (Å²) in [5, 5.41) is 2.82. The summed E-state index contributed by atoms with van der Waals surface area (Å²) in [4.78, 5) is 25.1. The van der Waals surface area contributed by atoms with Gasteiger partial charge < -0.3 is 16.0 Å². The SMILES string of the molecule is CC(C)C(=O)Nc1cccc(N2CC(N)CC2=O)c1. The van der Waals surface area contributed by atoms with Crippen LogP contribution in [0.1, 0.15) is 20.3 Å². The normalized spacial score (nSPS) is 19.1. The average molecular weight is 261 g/mol. The Morgan fingerprint density at radius 3 is 2.79 bits per heavy atom. The van der Waals surface area contributed by atoms with Crippen molar-refractivity contribution in [2.45, 2.75) is 26.3 Å². The molecule has 0 aliphatic carbocycles. The molecule has 1 aliphatic heterocycles. The fourth-order valence-corrected chi connectivity index (χ4v) is 2.02. The smallest absolute Gasteiger partial charge is 0.228 e. The molecule has 5 nitrogen and oxygen atoms in total. The number of carbonyl (C=O) groups excluding carboxylic acids is 2. The van der Waals surface area contributed by atoms with E-state index in [0.29, 0.717) is 18.7 Å². The molecule has 0 spiro atoms. The second-order valence-electron chi connectivity index (χ2n) is 5.16. The van der Waals surface area contributed by atoms with Gasteiger partial charge in [0.05, 0.1) is 0 Å². The molecule has 1 heterocycles. The van der Waals surface area contributed by atoms with Crippen LogP contribution in [0.25, 0.3) is 0 Å². The summed E-state index contributed by atoms with van der Waals surface area (Å²) in [6, 6.07) is 7.17. The van der Waals surface area contributed by atoms with Gasteiger partial charge in [-0.3, -0.25) is 9.59 Å². The largest absolute Gasteiger partial charge is 0.326 e. The summed E-state index contributed by atoms with van der Waals surface area (Å²) in [5.74, 6) is -0.0908. The third-order valence-electron chi connectivity index (χ3n) is 3.10. The van der Waals surface area contributed by atoms with E-state index < -0.39 is 0 Å². The lowest BCUT2D eigenvalue weighted by Gasteiger charge is -2.17. The van der Waals surface area contributed by atoms with Crippen molar-refractivity contribution in [3.8, 4) is 0 Å². The zero-order chi connectivity index (χ0) is 14.0. The number of rotatable bonds is 3. The molecule has 1 aromatic rings. The van der Waals surface area contributed by atoms with Crippen LogP contribution >= 0.6 is 0 Å². The zero-order valence-electron chi connectivity index (χ0n) is 11.2. The molecule has 0 bridgehead atoms. The number of nitrogens with zero attached hydrogens (tertiary/aromatic N) is 1. The Bertz CT molecular complexity index is 499. The van der Waals surface area contributed by atoms with Crippen LogP contribution in [0.4, 0.5) is 11.4 Å². The van der Waals surface area contributed by atoms with Gasteiger partial charge in [-0.1, -0.05) is 19.9 Å². The van der Waals surface area contributed by atoms with E-state index >= 15 is 0 Å². The van der Waals surface area contributed by atoms with Gasteiger partial charge in [0, 0.05) is 36.3 Å². The van der Waals surface area contributed by atoms with Crippen LogP contribution in [0.15, 0.2) is 24.3 Å². The molecule has 1 atom stereocenters. The summed E-state index contributed by atoms with van der Waals surface area (Å²) in [6.07, 6.45) is 0.378. The van der Waals surface area contributed by atoms with E-state index in [4.69, 9.17) is 5.73 Å². The molecule has 5 heteroatoms. The van der Waals surface area contributed by atoms with Crippen molar-refractivity contribution in [2.75, 3.05) is 16.8 Å². The highest BCUT2D eigenvalue weighted by molar-refractivity contribution is 5.97. The lowest BCUT2D eigenvalue weighted by Crippen LogP contribution is -2.28. The van der Waals surface area contributed by atoms with E-state index in [9.17, 15) is 9.59 Å². The summed E-state index contributed by atoms with van der Waals surface area (Å²) < 4.78 is 0. The quantitative estimate of drug-likeness (QED) is 0.862. The Morgan fingerprint density at radius 2 is 2.21 bits per heavy atom. The van der Waals surface area contributed by atoms with E-state index in [1.165, 1.54) is 0 Å². The maximum absolute atomic E-state index is 11.8. The monoisotopic (exact) mass is 261 g/mol. The molecular formula is C14H19N3O2. The zero-order valence-corrected chi connectivity index (χ0v) is 11.2. The Morgan fingerprint density at radius 1 is 1.47 bits per heavy atom. The van der Waals surface area contributed by atoms with Crippen LogP contribution < -0.4 is 16.0 Å². The van der Waals surface area contributed by atoms with Crippen LogP contribution in [-0.4, -0.2) is 24.4 Å². The summed E-state index contributed by atoms with van der Waals surface area (Å²) in [6.45, 7) is 4.20. The molecule has 2 rings (SSSR count). The number of amides is 2. The first-order chi connectivity index (χ1) is 8.97. The second kappa shape index (κ2) is 5.40. The first-order valence-electron chi connectivity index (χ1n) is 6.44. The number of carbonyl (C=O) groups is 2. The molecule has 1 aromatic carbocycles. The van der Waals surface area contributed by atoms with Crippen molar-refractivity contribution in [1.82, 2.24) is 0 Å². The highest BCUT2D eigenvalue weighted by Crippen LogP contribution is 2.24. The Labute approximate surface area is 112 Å². The number of nitrogens with two attached hydrogens (primary N) is 1. The van der Waals surface area contributed by atoms with Gasteiger partial charge in [0.15, 0.2) is 0 Å². The van der Waals surface area contributed by atoms with Gasteiger partial charge in [-0.15, -0.1) is 0 Å². The number of benzene rings is 1. The average Bonchev–Trinajstić information content (AvgIpc) is 2.68. The third kappa shape index (κ3) is 3.12. The van der Waals surface area contributed by atoms with Crippen molar-refractivity contribution in [1.29, 1.82) is 0 Å². The van der Waals surface area contributed by atoms with Gasteiger partial charge in [-0.25, -0.2) is 0 Å². The third-order valence-corrected chi connectivity index (χ3v) is 3.10. The summed E-state index contributed by atoms with van der Waals surface area (Å²) >= 11 is 0. The van der Waals surface area contributed by atoms with Crippen LogP contribution in [0.5, 0.6) is 0 Å². The second-order valence-corrected chi connectivity index (χ2v) is 5.16. The molecule has 1 aliphatic rings. The van der Waals surface area contributed by atoms with Gasteiger partial charge >= 0.3 is 0 Å². The maximum atomic E-state index is 11.8. The highest BCUT2D eigenvalue weighted by Gasteiger charge is 2.28. The van der Waals surface area contributed by atoms with E-state index in [0.717, 1.165) is 5.69 Å². The minimum Gasteiger partial charge on any atom is -0.326 e. The number of hydrogen-bond acceptors (Lipinski definition) is 3. The molecular weight excluding hydrogens is 242 g/mol.